The second-order valence-electron chi connectivity index (χ2n) is 6.69. The fourth-order valence-corrected chi connectivity index (χ4v) is 3.95. The van der Waals surface area contributed by atoms with Crippen molar-refractivity contribution in [3.8, 4) is 0 Å². The molecule has 3 unspecified atom stereocenters. The lowest BCUT2D eigenvalue weighted by atomic mass is 9.84. The van der Waals surface area contributed by atoms with Gasteiger partial charge in [-0.25, -0.2) is 0 Å². The Morgan fingerprint density at radius 2 is 2.17 bits per heavy atom. The van der Waals surface area contributed by atoms with Crippen LogP contribution in [0, 0.1) is 11.3 Å². The van der Waals surface area contributed by atoms with Crippen molar-refractivity contribution in [3.63, 3.8) is 0 Å². The molecule has 0 amide bonds. The molecule has 0 aromatic rings. The summed E-state index contributed by atoms with van der Waals surface area (Å²) in [5.41, 5.74) is 0.452. The van der Waals surface area contributed by atoms with E-state index in [4.69, 9.17) is 4.74 Å². The minimum atomic E-state index is 0.452. The summed E-state index contributed by atoms with van der Waals surface area (Å²) in [6.07, 6.45) is 3.93. The lowest BCUT2D eigenvalue weighted by Gasteiger charge is -2.39. The summed E-state index contributed by atoms with van der Waals surface area (Å²) in [5, 5.41) is 3.57. The molecule has 1 N–H and O–H groups in total. The van der Waals surface area contributed by atoms with Gasteiger partial charge in [0.25, 0.3) is 0 Å². The molecule has 0 bridgehead atoms. The van der Waals surface area contributed by atoms with E-state index in [0.717, 1.165) is 25.7 Å². The molecule has 106 valence electrons. The molecule has 2 rings (SSSR count). The molecule has 3 atom stereocenters. The van der Waals surface area contributed by atoms with Crippen molar-refractivity contribution in [1.82, 2.24) is 10.2 Å². The van der Waals surface area contributed by atoms with Gasteiger partial charge in [-0.05, 0) is 37.6 Å². The van der Waals surface area contributed by atoms with Crippen LogP contribution < -0.4 is 5.32 Å². The predicted octanol–water partition coefficient (Wildman–Crippen LogP) is 2.12. The van der Waals surface area contributed by atoms with Gasteiger partial charge in [0.2, 0.25) is 0 Å². The van der Waals surface area contributed by atoms with Gasteiger partial charge in [-0.2, -0.15) is 0 Å². The van der Waals surface area contributed by atoms with Crippen LogP contribution in [0.2, 0.25) is 0 Å². The molecule has 18 heavy (non-hydrogen) atoms. The molecule has 2 aliphatic rings. The largest absolute Gasteiger partial charge is 0.378 e. The first-order chi connectivity index (χ1) is 8.58. The van der Waals surface area contributed by atoms with E-state index in [1.54, 1.807) is 0 Å². The monoisotopic (exact) mass is 254 g/mol. The van der Waals surface area contributed by atoms with E-state index in [1.165, 1.54) is 25.8 Å². The van der Waals surface area contributed by atoms with Gasteiger partial charge in [0.15, 0.2) is 0 Å². The highest BCUT2D eigenvalue weighted by Gasteiger charge is 2.42. The Hall–Kier alpha value is -0.120. The van der Waals surface area contributed by atoms with E-state index in [2.05, 4.69) is 38.0 Å². The molecule has 3 heteroatoms. The third-order valence-electron chi connectivity index (χ3n) is 5.07. The average molecular weight is 254 g/mol. The smallest absolute Gasteiger partial charge is 0.0622 e. The standard InChI is InChI=1S/C15H30N2O/c1-5-13-11-18-9-8-17(13)10-12-6-7-15(2,3)14(12)16-4/h12-14,16H,5-11H2,1-4H3. The zero-order valence-electron chi connectivity index (χ0n) is 12.5. The number of nitrogens with one attached hydrogen (secondary N) is 1. The van der Waals surface area contributed by atoms with Gasteiger partial charge in [0, 0.05) is 25.2 Å². The summed E-state index contributed by atoms with van der Waals surface area (Å²) >= 11 is 0. The number of rotatable bonds is 4. The Balaban J connectivity index is 1.96. The SMILES string of the molecule is CCC1COCCN1CC1CCC(C)(C)C1NC. The summed E-state index contributed by atoms with van der Waals surface area (Å²) in [6.45, 7) is 11.3. The van der Waals surface area contributed by atoms with Crippen molar-refractivity contribution >= 4 is 0 Å². The number of nitrogens with zero attached hydrogens (tertiary/aromatic N) is 1. The second-order valence-corrected chi connectivity index (χ2v) is 6.69. The van der Waals surface area contributed by atoms with Crippen LogP contribution >= 0.6 is 0 Å². The molecule has 1 saturated carbocycles. The molecular formula is C15H30N2O. The third-order valence-corrected chi connectivity index (χ3v) is 5.07. The highest BCUT2D eigenvalue weighted by Crippen LogP contribution is 2.41. The van der Waals surface area contributed by atoms with Crippen LogP contribution in [0.15, 0.2) is 0 Å². The van der Waals surface area contributed by atoms with Crippen molar-refractivity contribution in [3.05, 3.63) is 0 Å². The van der Waals surface area contributed by atoms with Gasteiger partial charge in [-0.15, -0.1) is 0 Å². The Kier molecular flexibility index (Phi) is 4.68. The van der Waals surface area contributed by atoms with Gasteiger partial charge in [-0.3, -0.25) is 4.90 Å². The van der Waals surface area contributed by atoms with Crippen molar-refractivity contribution < 1.29 is 4.74 Å². The van der Waals surface area contributed by atoms with E-state index >= 15 is 0 Å². The first kappa shape index (κ1) is 14.3. The molecule has 1 aliphatic carbocycles. The highest BCUT2D eigenvalue weighted by atomic mass is 16.5. The Bertz CT molecular complexity index is 267. The van der Waals surface area contributed by atoms with Gasteiger partial charge >= 0.3 is 0 Å². The zero-order chi connectivity index (χ0) is 13.2. The minimum absolute atomic E-state index is 0.452. The maximum atomic E-state index is 5.60. The van der Waals surface area contributed by atoms with E-state index in [0.29, 0.717) is 17.5 Å². The normalized spacial score (nSPS) is 37.0. The molecule has 0 spiro atoms. The van der Waals surface area contributed by atoms with Crippen LogP contribution in [0.4, 0.5) is 0 Å². The molecule has 3 nitrogen and oxygen atoms in total. The van der Waals surface area contributed by atoms with Gasteiger partial charge in [-0.1, -0.05) is 20.8 Å². The van der Waals surface area contributed by atoms with E-state index < -0.39 is 0 Å². The van der Waals surface area contributed by atoms with Crippen LogP contribution in [0.25, 0.3) is 0 Å². The van der Waals surface area contributed by atoms with Gasteiger partial charge in [0.1, 0.15) is 0 Å². The summed E-state index contributed by atoms with van der Waals surface area (Å²) in [7, 11) is 2.13. The molecule has 0 radical (unpaired) electrons. The summed E-state index contributed by atoms with van der Waals surface area (Å²) in [6, 6.07) is 1.30. The first-order valence-electron chi connectivity index (χ1n) is 7.57. The van der Waals surface area contributed by atoms with Crippen LogP contribution in [0.5, 0.6) is 0 Å². The van der Waals surface area contributed by atoms with Crippen LogP contribution in [-0.4, -0.2) is 50.3 Å². The summed E-state index contributed by atoms with van der Waals surface area (Å²) in [5.74, 6) is 0.803. The maximum absolute atomic E-state index is 5.60. The fraction of sp³-hybridized carbons (Fsp3) is 1.00. The predicted molar refractivity (Wildman–Crippen MR) is 75.8 cm³/mol. The second kappa shape index (κ2) is 5.89. The Labute approximate surface area is 112 Å². The van der Waals surface area contributed by atoms with Crippen molar-refractivity contribution in [2.45, 2.75) is 52.1 Å². The fourth-order valence-electron chi connectivity index (χ4n) is 3.95. The van der Waals surface area contributed by atoms with Crippen molar-refractivity contribution in [2.75, 3.05) is 33.4 Å². The Morgan fingerprint density at radius 1 is 1.39 bits per heavy atom. The van der Waals surface area contributed by atoms with Crippen molar-refractivity contribution in [1.29, 1.82) is 0 Å². The average Bonchev–Trinajstić information content (AvgIpc) is 2.64. The molecule has 1 heterocycles. The summed E-state index contributed by atoms with van der Waals surface area (Å²) < 4.78 is 5.60. The first-order valence-corrected chi connectivity index (χ1v) is 7.57. The topological polar surface area (TPSA) is 24.5 Å². The maximum Gasteiger partial charge on any atom is 0.0622 e. The lowest BCUT2D eigenvalue weighted by molar-refractivity contribution is -0.0175. The van der Waals surface area contributed by atoms with Crippen LogP contribution in [0.1, 0.15) is 40.0 Å². The number of ether oxygens (including phenoxy) is 1. The highest BCUT2D eigenvalue weighted by molar-refractivity contribution is 4.97. The molecule has 1 saturated heterocycles. The quantitative estimate of drug-likeness (QED) is 0.832. The van der Waals surface area contributed by atoms with E-state index in [1.807, 2.05) is 0 Å². The molecule has 1 aliphatic heterocycles. The van der Waals surface area contributed by atoms with Crippen LogP contribution in [0.3, 0.4) is 0 Å². The van der Waals surface area contributed by atoms with Crippen molar-refractivity contribution in [2.24, 2.45) is 11.3 Å². The van der Waals surface area contributed by atoms with E-state index in [9.17, 15) is 0 Å². The van der Waals surface area contributed by atoms with E-state index in [-0.39, 0.29) is 0 Å². The lowest BCUT2D eigenvalue weighted by Crippen LogP contribution is -2.50. The minimum Gasteiger partial charge on any atom is -0.378 e. The molecular weight excluding hydrogens is 224 g/mol. The van der Waals surface area contributed by atoms with Gasteiger partial charge < -0.3 is 10.1 Å². The molecule has 0 aromatic heterocycles. The van der Waals surface area contributed by atoms with Gasteiger partial charge in [0.05, 0.1) is 13.2 Å². The van der Waals surface area contributed by atoms with Crippen LogP contribution in [-0.2, 0) is 4.74 Å². The Morgan fingerprint density at radius 3 is 2.83 bits per heavy atom. The summed E-state index contributed by atoms with van der Waals surface area (Å²) in [4.78, 5) is 2.67. The number of hydrogen-bond acceptors (Lipinski definition) is 3. The third kappa shape index (κ3) is 2.89. The zero-order valence-corrected chi connectivity index (χ0v) is 12.5. The number of hydrogen-bond donors (Lipinski definition) is 1. The molecule has 0 aromatic carbocycles. The molecule has 2 fully saturated rings. The number of morpholine rings is 1.